The van der Waals surface area contributed by atoms with E-state index in [1.165, 1.54) is 12.1 Å². The molecule has 0 aromatic heterocycles. The van der Waals surface area contributed by atoms with Crippen LogP contribution in [0.3, 0.4) is 0 Å². The second-order valence-corrected chi connectivity index (χ2v) is 10.2. The summed E-state index contributed by atoms with van der Waals surface area (Å²) in [5.41, 5.74) is -20.5. The fourth-order valence-electron chi connectivity index (χ4n) is 5.16. The first-order chi connectivity index (χ1) is 23.4. The lowest BCUT2D eigenvalue weighted by molar-refractivity contribution is -0.144. The largest absolute Gasteiger partial charge is 0.422 e. The first kappa shape index (κ1) is 38.2. The number of nitrogens with zero attached hydrogens (tertiary/aromatic N) is 2. The van der Waals surface area contributed by atoms with Gasteiger partial charge in [0, 0.05) is 5.57 Å². The molecule has 0 radical (unpaired) electrons. The maximum Gasteiger partial charge on any atom is 0.422 e. The average Bonchev–Trinajstić information content (AvgIpc) is 3.74. The molecule has 0 bridgehead atoms. The Morgan fingerprint density at radius 1 is 0.608 bits per heavy atom. The van der Waals surface area contributed by atoms with Gasteiger partial charge in [-0.15, -0.1) is 0 Å². The van der Waals surface area contributed by atoms with E-state index in [1.807, 2.05) is 0 Å². The highest BCUT2D eigenvalue weighted by Crippen LogP contribution is 2.58. The van der Waals surface area contributed by atoms with E-state index in [0.717, 1.165) is 0 Å². The van der Waals surface area contributed by atoms with E-state index in [4.69, 9.17) is 5.26 Å². The monoisotopic (exact) mass is 744 g/mol. The summed E-state index contributed by atoms with van der Waals surface area (Å²) >= 11 is 0. The number of allylic oxidation sites excluding steroid dienone is 7. The van der Waals surface area contributed by atoms with Gasteiger partial charge in [0.1, 0.15) is 17.2 Å². The maximum absolute atomic E-state index is 15.2. The first-order valence-corrected chi connectivity index (χ1v) is 13.1. The summed E-state index contributed by atoms with van der Waals surface area (Å²) < 4.78 is 239. The number of alkyl halides is 9. The zero-order valence-corrected chi connectivity index (χ0v) is 24.3. The first-order valence-electron chi connectivity index (χ1n) is 13.1. The van der Waals surface area contributed by atoms with Gasteiger partial charge >= 0.3 is 18.5 Å². The lowest BCUT2D eigenvalue weighted by Gasteiger charge is -2.15. The van der Waals surface area contributed by atoms with Gasteiger partial charge in [0.25, 0.3) is 0 Å². The normalized spacial score (nSPS) is 16.4. The van der Waals surface area contributed by atoms with E-state index in [2.05, 4.69) is 6.58 Å². The van der Waals surface area contributed by atoms with Gasteiger partial charge in [-0.05, 0) is 46.9 Å². The standard InChI is InChI=1S/C32H9F17N2/c1-3-12(19-24(35)28(39)21(32(47,48)49)29(40)25(19)36)17-15(9(2)16-22(33)26(37)20(31(44,45)46)27(38)23(16)34)18(17)13(8-51)10-4-5-11(7-50)14(6-10)30(41,42)43/h3-6H,1H2,2H3/b15-9?,17-12+,18-13-. The number of hydrogen-bond donors (Lipinski definition) is 0. The van der Waals surface area contributed by atoms with Crippen LogP contribution in [0.15, 0.2) is 47.6 Å². The molecule has 4 rings (SSSR count). The summed E-state index contributed by atoms with van der Waals surface area (Å²) in [6.45, 7) is 3.56. The summed E-state index contributed by atoms with van der Waals surface area (Å²) in [6, 6.07) is 3.82. The third kappa shape index (κ3) is 6.21. The Labute approximate surface area is 272 Å². The molecule has 1 aliphatic carbocycles. The minimum Gasteiger partial charge on any atom is -0.203 e. The Morgan fingerprint density at radius 2 is 1.04 bits per heavy atom. The number of halogens is 17. The molecule has 266 valence electrons. The molecule has 1 saturated carbocycles. The Kier molecular flexibility index (Phi) is 9.46. The molecule has 0 heterocycles. The van der Waals surface area contributed by atoms with Crippen LogP contribution < -0.4 is 0 Å². The molecule has 2 nitrogen and oxygen atoms in total. The molecule has 0 N–H and O–H groups in total. The zero-order valence-electron chi connectivity index (χ0n) is 24.3. The van der Waals surface area contributed by atoms with Gasteiger partial charge in [-0.25, -0.2) is 35.1 Å². The van der Waals surface area contributed by atoms with Crippen molar-refractivity contribution in [1.82, 2.24) is 0 Å². The molecule has 3 aromatic carbocycles. The smallest absolute Gasteiger partial charge is 0.203 e. The van der Waals surface area contributed by atoms with Crippen LogP contribution >= 0.6 is 0 Å². The van der Waals surface area contributed by atoms with Crippen molar-refractivity contribution in [2.75, 3.05) is 0 Å². The van der Waals surface area contributed by atoms with Crippen molar-refractivity contribution >= 4 is 16.7 Å². The van der Waals surface area contributed by atoms with Crippen LogP contribution in [0.25, 0.3) is 16.7 Å². The van der Waals surface area contributed by atoms with E-state index in [-0.39, 0.29) is 12.1 Å². The molecule has 19 heteroatoms. The summed E-state index contributed by atoms with van der Waals surface area (Å²) in [7, 11) is 0. The fourth-order valence-corrected chi connectivity index (χ4v) is 5.16. The molecule has 0 atom stereocenters. The molecule has 0 saturated heterocycles. The number of hydrogen-bond acceptors (Lipinski definition) is 2. The Hall–Kier alpha value is -5.59. The van der Waals surface area contributed by atoms with Crippen molar-refractivity contribution in [2.45, 2.75) is 25.5 Å². The van der Waals surface area contributed by atoms with Crippen LogP contribution in [0, 0.1) is 69.2 Å². The summed E-state index contributed by atoms with van der Waals surface area (Å²) in [5.74, 6) is -23.2. The Bertz CT molecular complexity index is 2170. The maximum atomic E-state index is 15.2. The van der Waals surface area contributed by atoms with Crippen molar-refractivity contribution in [3.8, 4) is 12.1 Å². The van der Waals surface area contributed by atoms with Gasteiger partial charge < -0.3 is 0 Å². The van der Waals surface area contributed by atoms with Crippen LogP contribution in [-0.4, -0.2) is 0 Å². The third-order valence-corrected chi connectivity index (χ3v) is 7.37. The lowest BCUT2D eigenvalue weighted by atomic mass is 9.97. The summed E-state index contributed by atoms with van der Waals surface area (Å²) in [4.78, 5) is 0. The third-order valence-electron chi connectivity index (χ3n) is 7.37. The summed E-state index contributed by atoms with van der Waals surface area (Å²) in [6.07, 6.45) is -17.1. The van der Waals surface area contributed by atoms with Crippen molar-refractivity contribution in [3.63, 3.8) is 0 Å². The van der Waals surface area contributed by atoms with E-state index < -0.39 is 137 Å². The second-order valence-electron chi connectivity index (χ2n) is 10.2. The molecule has 1 aliphatic rings. The zero-order chi connectivity index (χ0) is 38.9. The highest BCUT2D eigenvalue weighted by Gasteiger charge is 2.47. The highest BCUT2D eigenvalue weighted by atomic mass is 19.4. The molecule has 3 aromatic rings. The molecular formula is C32H9F17N2. The van der Waals surface area contributed by atoms with Crippen molar-refractivity contribution in [3.05, 3.63) is 133 Å². The molecular weight excluding hydrogens is 735 g/mol. The van der Waals surface area contributed by atoms with Crippen LogP contribution in [0.2, 0.25) is 0 Å². The van der Waals surface area contributed by atoms with Gasteiger partial charge in [0.05, 0.1) is 33.9 Å². The lowest BCUT2D eigenvalue weighted by Crippen LogP contribution is -2.17. The van der Waals surface area contributed by atoms with E-state index in [0.29, 0.717) is 19.1 Å². The van der Waals surface area contributed by atoms with Crippen molar-refractivity contribution in [1.29, 1.82) is 10.5 Å². The predicted molar refractivity (Wildman–Crippen MR) is 141 cm³/mol. The average molecular weight is 744 g/mol. The number of nitriles is 2. The molecule has 0 amide bonds. The second kappa shape index (κ2) is 12.6. The SMILES string of the molecule is C=C/C(=C1/C(=C(C)c2c(F)c(F)c(C(F)(F)F)c(F)c2F)/C1=C(\C#N)c1ccc(C#N)c(C(F)(F)F)c1)c1c(F)c(F)c(C(F)(F)F)c(F)c1F. The number of benzene rings is 3. The minimum atomic E-state index is -6.05. The molecule has 51 heavy (non-hydrogen) atoms. The summed E-state index contributed by atoms with van der Waals surface area (Å²) in [5, 5.41) is 19.0. The van der Waals surface area contributed by atoms with Gasteiger partial charge in [-0.3, -0.25) is 0 Å². The molecule has 0 unspecified atom stereocenters. The van der Waals surface area contributed by atoms with Crippen LogP contribution in [0.4, 0.5) is 74.6 Å². The minimum absolute atomic E-state index is 0.151. The van der Waals surface area contributed by atoms with Crippen molar-refractivity contribution < 1.29 is 74.6 Å². The highest BCUT2D eigenvalue weighted by molar-refractivity contribution is 6.09. The van der Waals surface area contributed by atoms with Crippen LogP contribution in [0.1, 0.15) is 45.9 Å². The van der Waals surface area contributed by atoms with Crippen molar-refractivity contribution in [2.24, 2.45) is 0 Å². The van der Waals surface area contributed by atoms with E-state index >= 15 is 17.6 Å². The van der Waals surface area contributed by atoms with Crippen LogP contribution in [-0.2, 0) is 18.5 Å². The molecule has 0 aliphatic heterocycles. The van der Waals surface area contributed by atoms with Gasteiger partial charge in [-0.2, -0.15) is 50.0 Å². The number of rotatable bonds is 4. The van der Waals surface area contributed by atoms with E-state index in [9.17, 15) is 62.3 Å². The Morgan fingerprint density at radius 3 is 1.39 bits per heavy atom. The van der Waals surface area contributed by atoms with Gasteiger partial charge in [0.2, 0.25) is 0 Å². The predicted octanol–water partition coefficient (Wildman–Crippen LogP) is 11.1. The fraction of sp³-hybridized carbons (Fsp3) is 0.125. The Balaban J connectivity index is 2.27. The molecule has 1 fully saturated rings. The van der Waals surface area contributed by atoms with Gasteiger partial charge in [0.15, 0.2) is 46.5 Å². The van der Waals surface area contributed by atoms with E-state index in [1.54, 1.807) is 0 Å². The quantitative estimate of drug-likeness (QED) is 0.152. The van der Waals surface area contributed by atoms with Crippen LogP contribution in [0.5, 0.6) is 0 Å². The topological polar surface area (TPSA) is 47.6 Å². The molecule has 0 spiro atoms. The van der Waals surface area contributed by atoms with Gasteiger partial charge in [-0.1, -0.05) is 18.7 Å².